The maximum Gasteiger partial charge on any atom is 0.0757 e. The van der Waals surface area contributed by atoms with E-state index in [0.29, 0.717) is 16.9 Å². The van der Waals surface area contributed by atoms with Gasteiger partial charge in [-0.1, -0.05) is 50.6 Å². The highest BCUT2D eigenvalue weighted by molar-refractivity contribution is 5.21. The molecule has 4 aliphatic rings. The molecule has 4 fully saturated rings. The third kappa shape index (κ3) is 3.47. The van der Waals surface area contributed by atoms with Gasteiger partial charge in [0.1, 0.15) is 0 Å². The zero-order chi connectivity index (χ0) is 22.6. The molecule has 176 valence electrons. The Hall–Kier alpha value is -1.28. The van der Waals surface area contributed by atoms with Crippen LogP contribution in [0.2, 0.25) is 0 Å². The molecule has 1 aromatic carbocycles. The fourth-order valence-electron chi connectivity index (χ4n) is 9.01. The summed E-state index contributed by atoms with van der Waals surface area (Å²) in [5.74, 6) is 3.43. The summed E-state index contributed by atoms with van der Waals surface area (Å²) in [6, 6.07) is 8.82. The lowest BCUT2D eigenvalue weighted by atomic mass is 9.43. The van der Waals surface area contributed by atoms with E-state index in [1.807, 2.05) is 0 Å². The predicted octanol–water partition coefficient (Wildman–Crippen LogP) is 8.00. The Morgan fingerprint density at radius 1 is 0.938 bits per heavy atom. The molecule has 0 aliphatic heterocycles. The summed E-state index contributed by atoms with van der Waals surface area (Å²) < 4.78 is 6.45. The van der Waals surface area contributed by atoms with Gasteiger partial charge < -0.3 is 9.84 Å². The number of allylic oxidation sites excluding steroid dienone is 1. The summed E-state index contributed by atoms with van der Waals surface area (Å²) in [4.78, 5) is 0. The van der Waals surface area contributed by atoms with Crippen molar-refractivity contribution in [1.29, 1.82) is 0 Å². The maximum atomic E-state index is 9.59. The molecular weight excluding hydrogens is 392 g/mol. The van der Waals surface area contributed by atoms with Crippen LogP contribution < -0.4 is 0 Å². The second-order valence-corrected chi connectivity index (χ2v) is 12.6. The van der Waals surface area contributed by atoms with Crippen molar-refractivity contribution in [3.05, 3.63) is 47.7 Å². The van der Waals surface area contributed by atoms with E-state index in [1.165, 1.54) is 75.2 Å². The van der Waals surface area contributed by atoms with Crippen molar-refractivity contribution < 1.29 is 9.84 Å². The van der Waals surface area contributed by atoms with Crippen LogP contribution >= 0.6 is 0 Å². The zero-order valence-electron chi connectivity index (χ0n) is 20.8. The molecule has 2 unspecified atom stereocenters. The number of benzene rings is 1. The molecule has 32 heavy (non-hydrogen) atoms. The lowest BCUT2D eigenvalue weighted by Gasteiger charge is -2.62. The molecule has 1 aromatic rings. The Morgan fingerprint density at radius 3 is 2.44 bits per heavy atom. The van der Waals surface area contributed by atoms with E-state index < -0.39 is 0 Å². The van der Waals surface area contributed by atoms with Gasteiger partial charge in [-0.15, -0.1) is 0 Å². The molecule has 4 aliphatic carbocycles. The number of rotatable bonds is 4. The highest BCUT2D eigenvalue weighted by Crippen LogP contribution is 2.70. The zero-order valence-corrected chi connectivity index (χ0v) is 20.8. The van der Waals surface area contributed by atoms with E-state index in [0.717, 1.165) is 30.3 Å². The molecule has 2 heteroatoms. The van der Waals surface area contributed by atoms with Crippen LogP contribution in [0.3, 0.4) is 0 Å². The van der Waals surface area contributed by atoms with Crippen molar-refractivity contribution in [2.75, 3.05) is 0 Å². The second-order valence-electron chi connectivity index (χ2n) is 12.6. The Kier molecular flexibility index (Phi) is 5.76. The monoisotopic (exact) mass is 436 g/mol. The topological polar surface area (TPSA) is 29.5 Å². The smallest absolute Gasteiger partial charge is 0.0757 e. The number of hydrogen-bond acceptors (Lipinski definition) is 2. The minimum atomic E-state index is 0.163. The molecule has 0 spiro atoms. The molecule has 0 radical (unpaired) electrons. The number of ether oxygens (including phenoxy) is 1. The lowest BCUT2D eigenvalue weighted by Crippen LogP contribution is -2.55. The first-order chi connectivity index (χ1) is 15.3. The SMILES string of the molecule is Cc1ccc(COC2CC[C@@]3(C)C(CC[C@@H]4[C@@H]3CC[C@@]3(C)[C@H]4CC[C@]3(C)C=CO)C2)cc1. The normalized spacial score (nSPS) is 45.9. The van der Waals surface area contributed by atoms with Crippen LogP contribution in [0.15, 0.2) is 36.6 Å². The average molecular weight is 437 g/mol. The third-order valence-corrected chi connectivity index (χ3v) is 11.3. The van der Waals surface area contributed by atoms with Crippen molar-refractivity contribution in [3.8, 4) is 0 Å². The highest BCUT2D eigenvalue weighted by Gasteiger charge is 2.62. The summed E-state index contributed by atoms with van der Waals surface area (Å²) in [5, 5.41) is 9.59. The minimum absolute atomic E-state index is 0.163. The Labute approximate surface area is 195 Å². The molecule has 8 atom stereocenters. The molecule has 0 saturated heterocycles. The fourth-order valence-corrected chi connectivity index (χ4v) is 9.01. The lowest BCUT2D eigenvalue weighted by molar-refractivity contribution is -0.140. The third-order valence-electron chi connectivity index (χ3n) is 11.3. The van der Waals surface area contributed by atoms with Gasteiger partial charge in [0.2, 0.25) is 0 Å². The summed E-state index contributed by atoms with van der Waals surface area (Å²) in [6.07, 6.45) is 15.8. The summed E-state index contributed by atoms with van der Waals surface area (Å²) >= 11 is 0. The van der Waals surface area contributed by atoms with Crippen molar-refractivity contribution in [2.24, 2.45) is 39.9 Å². The van der Waals surface area contributed by atoms with E-state index >= 15 is 0 Å². The molecule has 5 rings (SSSR count). The summed E-state index contributed by atoms with van der Waals surface area (Å²) in [6.45, 7) is 10.5. The van der Waals surface area contributed by atoms with Crippen molar-refractivity contribution in [3.63, 3.8) is 0 Å². The van der Waals surface area contributed by atoms with Gasteiger partial charge in [-0.3, -0.25) is 0 Å². The van der Waals surface area contributed by atoms with Gasteiger partial charge in [-0.25, -0.2) is 0 Å². The molecular formula is C30H44O2. The standard InChI is InChI=1S/C30H44O2/c1-21-5-7-22(8-6-21)20-32-24-11-15-29(3)23(19-24)9-10-25-26(29)13-16-30(4)27(25)12-14-28(30,2)17-18-31/h5-8,17-18,23-27,31H,9-16,19-20H2,1-4H3/t23?,24?,25-,26+,27+,28-,29+,30+/m1/s1. The highest BCUT2D eigenvalue weighted by atomic mass is 16.5. The van der Waals surface area contributed by atoms with Crippen molar-refractivity contribution in [1.82, 2.24) is 0 Å². The van der Waals surface area contributed by atoms with Crippen LogP contribution in [-0.4, -0.2) is 11.2 Å². The summed E-state index contributed by atoms with van der Waals surface area (Å²) in [7, 11) is 0. The fraction of sp³-hybridized carbons (Fsp3) is 0.733. The van der Waals surface area contributed by atoms with Gasteiger partial charge in [0.15, 0.2) is 0 Å². The number of aliphatic hydroxyl groups is 1. The minimum Gasteiger partial charge on any atom is -0.516 e. The number of aliphatic hydroxyl groups excluding tert-OH is 1. The maximum absolute atomic E-state index is 9.59. The Morgan fingerprint density at radius 2 is 1.69 bits per heavy atom. The van der Waals surface area contributed by atoms with Crippen LogP contribution in [0.4, 0.5) is 0 Å². The van der Waals surface area contributed by atoms with Crippen LogP contribution in [0.5, 0.6) is 0 Å². The van der Waals surface area contributed by atoms with Crippen molar-refractivity contribution in [2.45, 2.75) is 98.2 Å². The largest absolute Gasteiger partial charge is 0.516 e. The molecule has 1 N–H and O–H groups in total. The van der Waals surface area contributed by atoms with Crippen LogP contribution in [-0.2, 0) is 11.3 Å². The number of hydrogen-bond donors (Lipinski definition) is 1. The van der Waals surface area contributed by atoms with E-state index in [-0.39, 0.29) is 5.41 Å². The van der Waals surface area contributed by atoms with Gasteiger partial charge in [-0.05, 0) is 116 Å². The molecule has 2 nitrogen and oxygen atoms in total. The Bertz CT molecular complexity index is 843. The first kappa shape index (κ1) is 22.5. The Balaban J connectivity index is 1.26. The summed E-state index contributed by atoms with van der Waals surface area (Å²) in [5.41, 5.74) is 3.64. The quantitative estimate of drug-likeness (QED) is 0.484. The molecule has 0 amide bonds. The van der Waals surface area contributed by atoms with Gasteiger partial charge in [0, 0.05) is 0 Å². The van der Waals surface area contributed by atoms with Gasteiger partial charge >= 0.3 is 0 Å². The molecule has 0 bridgehead atoms. The first-order valence-corrected chi connectivity index (χ1v) is 13.3. The average Bonchev–Trinajstić information content (AvgIpc) is 3.04. The molecule has 0 aromatic heterocycles. The van der Waals surface area contributed by atoms with E-state index in [1.54, 1.807) is 0 Å². The van der Waals surface area contributed by atoms with Gasteiger partial charge in [-0.2, -0.15) is 0 Å². The van der Waals surface area contributed by atoms with Gasteiger partial charge in [0.05, 0.1) is 19.0 Å². The first-order valence-electron chi connectivity index (χ1n) is 13.3. The van der Waals surface area contributed by atoms with Gasteiger partial charge in [0.25, 0.3) is 0 Å². The second kappa shape index (κ2) is 8.19. The van der Waals surface area contributed by atoms with E-state index in [2.05, 4.69) is 58.0 Å². The van der Waals surface area contributed by atoms with E-state index in [9.17, 15) is 5.11 Å². The van der Waals surface area contributed by atoms with Crippen LogP contribution in [0.1, 0.15) is 89.7 Å². The number of aryl methyl sites for hydroxylation is 1. The van der Waals surface area contributed by atoms with Crippen LogP contribution in [0, 0.1) is 46.8 Å². The molecule has 0 heterocycles. The molecule has 4 saturated carbocycles. The van der Waals surface area contributed by atoms with Crippen molar-refractivity contribution >= 4 is 0 Å². The number of fused-ring (bicyclic) bond motifs is 5. The van der Waals surface area contributed by atoms with Crippen LogP contribution in [0.25, 0.3) is 0 Å². The van der Waals surface area contributed by atoms with E-state index in [4.69, 9.17) is 4.74 Å². The predicted molar refractivity (Wildman–Crippen MR) is 131 cm³/mol.